The summed E-state index contributed by atoms with van der Waals surface area (Å²) in [4.78, 5) is 23.6. The summed E-state index contributed by atoms with van der Waals surface area (Å²) in [5.74, 6) is 0.119. The zero-order valence-corrected chi connectivity index (χ0v) is 14.4. The molecule has 1 amide bonds. The van der Waals surface area contributed by atoms with E-state index in [0.29, 0.717) is 18.1 Å². The third-order valence-corrected chi connectivity index (χ3v) is 3.51. The third kappa shape index (κ3) is 4.71. The fourth-order valence-electron chi connectivity index (χ4n) is 2.57. The first-order chi connectivity index (χ1) is 10.7. The van der Waals surface area contributed by atoms with Crippen LogP contribution in [-0.4, -0.2) is 17.7 Å². The van der Waals surface area contributed by atoms with E-state index >= 15 is 0 Å². The van der Waals surface area contributed by atoms with E-state index in [2.05, 4.69) is 19.2 Å². The molecule has 5 heteroatoms. The second-order valence-corrected chi connectivity index (χ2v) is 7.32. The van der Waals surface area contributed by atoms with Crippen LogP contribution in [0.4, 0.5) is 4.79 Å². The molecule has 1 aromatic rings. The van der Waals surface area contributed by atoms with Crippen molar-refractivity contribution in [3.63, 3.8) is 0 Å². The zero-order valence-electron chi connectivity index (χ0n) is 14.4. The molecule has 1 aromatic carbocycles. The van der Waals surface area contributed by atoms with Crippen LogP contribution in [0.25, 0.3) is 0 Å². The average molecular weight is 319 g/mol. The van der Waals surface area contributed by atoms with Gasteiger partial charge in [-0.1, -0.05) is 19.9 Å². The van der Waals surface area contributed by atoms with E-state index in [1.807, 2.05) is 32.9 Å². The molecule has 126 valence electrons. The Morgan fingerprint density at radius 1 is 1.35 bits per heavy atom. The molecule has 0 spiro atoms. The fourth-order valence-corrected chi connectivity index (χ4v) is 2.57. The van der Waals surface area contributed by atoms with Crippen LogP contribution in [0.2, 0.25) is 0 Å². The van der Waals surface area contributed by atoms with Gasteiger partial charge in [-0.2, -0.15) is 0 Å². The molecule has 0 aliphatic carbocycles. The summed E-state index contributed by atoms with van der Waals surface area (Å²) in [6.07, 6.45) is 0.350. The molecule has 1 aliphatic rings. The van der Waals surface area contributed by atoms with E-state index in [0.717, 1.165) is 17.5 Å². The summed E-state index contributed by atoms with van der Waals surface area (Å²) in [6, 6.07) is 5.41. The van der Waals surface area contributed by atoms with Crippen LogP contribution < -0.4 is 5.32 Å². The van der Waals surface area contributed by atoms with E-state index < -0.39 is 11.7 Å². The molecule has 0 fully saturated rings. The monoisotopic (exact) mass is 319 g/mol. The van der Waals surface area contributed by atoms with Crippen LogP contribution in [0.15, 0.2) is 18.2 Å². The molecule has 0 bridgehead atoms. The van der Waals surface area contributed by atoms with Crippen LogP contribution in [0.1, 0.15) is 68.6 Å². The molecule has 1 aliphatic heterocycles. The van der Waals surface area contributed by atoms with Crippen molar-refractivity contribution in [2.45, 2.75) is 59.3 Å². The first kappa shape index (κ1) is 17.3. The number of nitrogens with one attached hydrogen (secondary N) is 1. The van der Waals surface area contributed by atoms with Crippen LogP contribution >= 0.6 is 0 Å². The number of carbonyl (C=O) groups is 2. The number of carbonyl (C=O) groups excluding carboxylic acids is 2. The lowest BCUT2D eigenvalue weighted by molar-refractivity contribution is 0.0495. The molecule has 0 saturated carbocycles. The number of alkyl carbamates (subject to hydrolysis) is 1. The summed E-state index contributed by atoms with van der Waals surface area (Å²) in [6.45, 7) is 10.0. The minimum Gasteiger partial charge on any atom is -0.457 e. The Bertz CT molecular complexity index is 602. The van der Waals surface area contributed by atoms with Gasteiger partial charge in [0.15, 0.2) is 0 Å². The Labute approximate surface area is 137 Å². The Balaban J connectivity index is 2.18. The molecule has 0 aromatic heterocycles. The topological polar surface area (TPSA) is 64.6 Å². The standard InChI is InChI=1S/C18H25NO4/c1-11(2)8-15(19-17(21)23-18(3,4)5)12-6-7-14-13(9-12)10-22-16(14)20/h6-7,9,11,15H,8,10H2,1-5H3,(H,19,21)/t15-/m0/s1. The number of hydrogen-bond donors (Lipinski definition) is 1. The van der Waals surface area contributed by atoms with Crippen molar-refractivity contribution >= 4 is 12.1 Å². The summed E-state index contributed by atoms with van der Waals surface area (Å²) < 4.78 is 10.4. The SMILES string of the molecule is CC(C)C[C@H](NC(=O)OC(C)(C)C)c1ccc2c(c1)COC2=O. The van der Waals surface area contributed by atoms with Gasteiger partial charge in [-0.15, -0.1) is 0 Å². The van der Waals surface area contributed by atoms with E-state index in [4.69, 9.17) is 9.47 Å². The summed E-state index contributed by atoms with van der Waals surface area (Å²) in [7, 11) is 0. The Kier molecular flexibility index (Phi) is 4.97. The minimum atomic E-state index is -0.537. The first-order valence-corrected chi connectivity index (χ1v) is 7.95. The normalized spacial score (nSPS) is 15.1. The molecule has 1 N–H and O–H groups in total. The molecule has 0 unspecified atom stereocenters. The van der Waals surface area contributed by atoms with Gasteiger partial charge in [-0.3, -0.25) is 0 Å². The first-order valence-electron chi connectivity index (χ1n) is 7.95. The highest BCUT2D eigenvalue weighted by Crippen LogP contribution is 2.27. The number of benzene rings is 1. The fraction of sp³-hybridized carbons (Fsp3) is 0.556. The number of cyclic esters (lactones) is 1. The van der Waals surface area contributed by atoms with E-state index in [-0.39, 0.29) is 12.0 Å². The second-order valence-electron chi connectivity index (χ2n) is 7.32. The summed E-state index contributed by atoms with van der Waals surface area (Å²) in [5.41, 5.74) is 1.90. The molecule has 1 heterocycles. The van der Waals surface area contributed by atoms with Gasteiger partial charge in [0.2, 0.25) is 0 Å². The van der Waals surface area contributed by atoms with Crippen LogP contribution in [0, 0.1) is 5.92 Å². The van der Waals surface area contributed by atoms with Gasteiger partial charge in [0.1, 0.15) is 12.2 Å². The lowest BCUT2D eigenvalue weighted by Gasteiger charge is -2.25. The number of amides is 1. The number of hydrogen-bond acceptors (Lipinski definition) is 4. The largest absolute Gasteiger partial charge is 0.457 e. The molecule has 1 atom stereocenters. The van der Waals surface area contributed by atoms with Crippen molar-refractivity contribution in [3.8, 4) is 0 Å². The van der Waals surface area contributed by atoms with Gasteiger partial charge < -0.3 is 14.8 Å². The maximum Gasteiger partial charge on any atom is 0.408 e. The predicted octanol–water partition coefficient (Wildman–Crippen LogP) is 3.97. The minimum absolute atomic E-state index is 0.161. The lowest BCUT2D eigenvalue weighted by Crippen LogP contribution is -2.35. The van der Waals surface area contributed by atoms with Gasteiger partial charge in [0.25, 0.3) is 0 Å². The molecule has 2 rings (SSSR count). The smallest absolute Gasteiger partial charge is 0.408 e. The van der Waals surface area contributed by atoms with Gasteiger partial charge >= 0.3 is 12.1 Å². The quantitative estimate of drug-likeness (QED) is 0.853. The van der Waals surface area contributed by atoms with Crippen LogP contribution in [-0.2, 0) is 16.1 Å². The van der Waals surface area contributed by atoms with Crippen LogP contribution in [0.3, 0.4) is 0 Å². The Hall–Kier alpha value is -2.04. The zero-order chi connectivity index (χ0) is 17.2. The number of ether oxygens (including phenoxy) is 2. The highest BCUT2D eigenvalue weighted by molar-refractivity contribution is 5.93. The number of rotatable bonds is 4. The maximum atomic E-state index is 12.1. The van der Waals surface area contributed by atoms with Crippen molar-refractivity contribution < 1.29 is 19.1 Å². The lowest BCUT2D eigenvalue weighted by atomic mass is 9.94. The van der Waals surface area contributed by atoms with E-state index in [9.17, 15) is 9.59 Å². The summed E-state index contributed by atoms with van der Waals surface area (Å²) >= 11 is 0. The predicted molar refractivity (Wildman–Crippen MR) is 87.1 cm³/mol. The van der Waals surface area contributed by atoms with Crippen molar-refractivity contribution in [3.05, 3.63) is 34.9 Å². The average Bonchev–Trinajstić information content (AvgIpc) is 2.76. The highest BCUT2D eigenvalue weighted by Gasteiger charge is 2.25. The van der Waals surface area contributed by atoms with Gasteiger partial charge in [-0.05, 0) is 50.8 Å². The van der Waals surface area contributed by atoms with Crippen molar-refractivity contribution in [1.29, 1.82) is 0 Å². The highest BCUT2D eigenvalue weighted by atomic mass is 16.6. The molecular weight excluding hydrogens is 294 g/mol. The van der Waals surface area contributed by atoms with Crippen LogP contribution in [0.5, 0.6) is 0 Å². The van der Waals surface area contributed by atoms with E-state index in [1.165, 1.54) is 0 Å². The van der Waals surface area contributed by atoms with Gasteiger partial charge in [-0.25, -0.2) is 9.59 Å². The molecular formula is C18H25NO4. The van der Waals surface area contributed by atoms with Gasteiger partial charge in [0.05, 0.1) is 11.6 Å². The third-order valence-electron chi connectivity index (χ3n) is 3.51. The second kappa shape index (κ2) is 6.60. The Morgan fingerprint density at radius 2 is 2.04 bits per heavy atom. The molecule has 23 heavy (non-hydrogen) atoms. The van der Waals surface area contributed by atoms with E-state index in [1.54, 1.807) is 6.07 Å². The molecule has 0 saturated heterocycles. The van der Waals surface area contributed by atoms with Crippen molar-refractivity contribution in [2.75, 3.05) is 0 Å². The maximum absolute atomic E-state index is 12.1. The Morgan fingerprint density at radius 3 is 2.65 bits per heavy atom. The number of fused-ring (bicyclic) bond motifs is 1. The van der Waals surface area contributed by atoms with Crippen molar-refractivity contribution in [1.82, 2.24) is 5.32 Å². The van der Waals surface area contributed by atoms with Gasteiger partial charge in [0, 0.05) is 5.56 Å². The summed E-state index contributed by atoms with van der Waals surface area (Å²) in [5, 5.41) is 2.94. The molecule has 0 radical (unpaired) electrons. The molecule has 5 nitrogen and oxygen atoms in total. The van der Waals surface area contributed by atoms with Crippen molar-refractivity contribution in [2.24, 2.45) is 5.92 Å². The number of esters is 1.